The molecule has 0 N–H and O–H groups in total. The van der Waals surface area contributed by atoms with E-state index in [0.29, 0.717) is 11.3 Å². The molecule has 0 aromatic heterocycles. The third-order valence-corrected chi connectivity index (χ3v) is 4.07. The van der Waals surface area contributed by atoms with Gasteiger partial charge in [-0.1, -0.05) is 51.1 Å². The lowest BCUT2D eigenvalue weighted by molar-refractivity contribution is 0.0733. The first-order valence-electron chi connectivity index (χ1n) is 7.32. The molecule has 2 rings (SSSR count). The normalized spacial score (nSPS) is 11.2. The van der Waals surface area contributed by atoms with Crippen LogP contribution in [0.1, 0.15) is 48.7 Å². The van der Waals surface area contributed by atoms with Crippen molar-refractivity contribution in [3.8, 4) is 5.75 Å². The molecule has 2 aromatic carbocycles. The lowest BCUT2D eigenvalue weighted by atomic mass is 9.82. The monoisotopic (exact) mass is 282 g/mol. The minimum absolute atomic E-state index is 0.0745. The number of esters is 1. The molecule has 0 saturated carbocycles. The second-order valence-corrected chi connectivity index (χ2v) is 5.97. The highest BCUT2D eigenvalue weighted by Crippen LogP contribution is 2.29. The molecule has 0 atom stereocenters. The van der Waals surface area contributed by atoms with Crippen LogP contribution in [-0.2, 0) is 5.41 Å². The molecule has 0 spiro atoms. The Morgan fingerprint density at radius 1 is 1.10 bits per heavy atom. The molecule has 2 aromatic rings. The Labute approximate surface area is 126 Å². The van der Waals surface area contributed by atoms with Crippen molar-refractivity contribution in [2.45, 2.75) is 39.5 Å². The lowest BCUT2D eigenvalue weighted by Gasteiger charge is -2.23. The van der Waals surface area contributed by atoms with Crippen molar-refractivity contribution in [1.82, 2.24) is 0 Å². The van der Waals surface area contributed by atoms with Gasteiger partial charge < -0.3 is 4.74 Å². The summed E-state index contributed by atoms with van der Waals surface area (Å²) in [7, 11) is 0. The fourth-order valence-electron chi connectivity index (χ4n) is 2.15. The van der Waals surface area contributed by atoms with Crippen molar-refractivity contribution >= 4 is 5.97 Å². The van der Waals surface area contributed by atoms with Crippen LogP contribution in [0.3, 0.4) is 0 Å². The Morgan fingerprint density at radius 2 is 1.81 bits per heavy atom. The molecule has 0 heterocycles. The van der Waals surface area contributed by atoms with E-state index >= 15 is 0 Å². The standard InChI is InChI=1S/C19H22O2/c1-5-19(3,4)15-10-8-11-16(13-15)21-18(20)17-12-7-6-9-14(17)2/h6-13H,5H2,1-4H3. The molecule has 0 aliphatic carbocycles. The van der Waals surface area contributed by atoms with Gasteiger partial charge in [0.25, 0.3) is 0 Å². The molecule has 110 valence electrons. The number of benzene rings is 2. The molecule has 0 saturated heterocycles. The van der Waals surface area contributed by atoms with Crippen molar-refractivity contribution in [3.63, 3.8) is 0 Å². The van der Waals surface area contributed by atoms with E-state index in [1.54, 1.807) is 6.07 Å². The van der Waals surface area contributed by atoms with Gasteiger partial charge in [-0.05, 0) is 48.1 Å². The Hall–Kier alpha value is -2.09. The fraction of sp³-hybridized carbons (Fsp3) is 0.316. The van der Waals surface area contributed by atoms with Gasteiger partial charge in [0.2, 0.25) is 0 Å². The van der Waals surface area contributed by atoms with Gasteiger partial charge in [-0.25, -0.2) is 4.79 Å². The van der Waals surface area contributed by atoms with Crippen molar-refractivity contribution in [1.29, 1.82) is 0 Å². The zero-order valence-corrected chi connectivity index (χ0v) is 13.1. The second-order valence-electron chi connectivity index (χ2n) is 5.97. The lowest BCUT2D eigenvalue weighted by Crippen LogP contribution is -2.16. The molecule has 2 nitrogen and oxygen atoms in total. The number of carbonyl (C=O) groups is 1. The fourth-order valence-corrected chi connectivity index (χ4v) is 2.15. The van der Waals surface area contributed by atoms with Crippen molar-refractivity contribution in [2.24, 2.45) is 0 Å². The molecular weight excluding hydrogens is 260 g/mol. The number of hydrogen-bond acceptors (Lipinski definition) is 2. The van der Waals surface area contributed by atoms with Crippen molar-refractivity contribution in [3.05, 3.63) is 65.2 Å². The van der Waals surface area contributed by atoms with Gasteiger partial charge in [-0.2, -0.15) is 0 Å². The quantitative estimate of drug-likeness (QED) is 0.589. The number of rotatable bonds is 4. The number of aryl methyl sites for hydroxylation is 1. The molecule has 0 radical (unpaired) electrons. The summed E-state index contributed by atoms with van der Waals surface area (Å²) in [6, 6.07) is 15.3. The van der Waals surface area contributed by atoms with Gasteiger partial charge in [0.1, 0.15) is 5.75 Å². The van der Waals surface area contributed by atoms with E-state index in [-0.39, 0.29) is 11.4 Å². The summed E-state index contributed by atoms with van der Waals surface area (Å²) >= 11 is 0. The maximum Gasteiger partial charge on any atom is 0.343 e. The van der Waals surface area contributed by atoms with Crippen LogP contribution in [0.25, 0.3) is 0 Å². The molecule has 0 aliphatic rings. The van der Waals surface area contributed by atoms with Gasteiger partial charge in [0.15, 0.2) is 0 Å². The Bertz CT molecular complexity index is 642. The highest BCUT2D eigenvalue weighted by atomic mass is 16.5. The van der Waals surface area contributed by atoms with E-state index in [9.17, 15) is 4.79 Å². The molecule has 0 fully saturated rings. The van der Waals surface area contributed by atoms with E-state index in [2.05, 4.69) is 26.8 Å². The zero-order valence-electron chi connectivity index (χ0n) is 13.1. The van der Waals surface area contributed by atoms with Crippen LogP contribution in [-0.4, -0.2) is 5.97 Å². The topological polar surface area (TPSA) is 26.3 Å². The molecule has 21 heavy (non-hydrogen) atoms. The molecule has 0 unspecified atom stereocenters. The van der Waals surface area contributed by atoms with E-state index in [1.807, 2.05) is 43.3 Å². The largest absolute Gasteiger partial charge is 0.423 e. The molecular formula is C19H22O2. The first-order valence-corrected chi connectivity index (χ1v) is 7.32. The third kappa shape index (κ3) is 3.52. The number of ether oxygens (including phenoxy) is 1. The zero-order chi connectivity index (χ0) is 15.5. The van der Waals surface area contributed by atoms with E-state index in [0.717, 1.165) is 12.0 Å². The van der Waals surface area contributed by atoms with Crippen LogP contribution >= 0.6 is 0 Å². The second kappa shape index (κ2) is 6.13. The van der Waals surface area contributed by atoms with Crippen LogP contribution in [0, 0.1) is 6.92 Å². The van der Waals surface area contributed by atoms with Gasteiger partial charge in [-0.3, -0.25) is 0 Å². The van der Waals surface area contributed by atoms with Gasteiger partial charge in [-0.15, -0.1) is 0 Å². The van der Waals surface area contributed by atoms with Crippen LogP contribution < -0.4 is 4.74 Å². The van der Waals surface area contributed by atoms with Crippen molar-refractivity contribution in [2.75, 3.05) is 0 Å². The summed E-state index contributed by atoms with van der Waals surface area (Å²) in [6.07, 6.45) is 1.03. The maximum atomic E-state index is 12.2. The average Bonchev–Trinajstić information content (AvgIpc) is 2.48. The molecule has 0 amide bonds. The molecule has 0 aliphatic heterocycles. The highest BCUT2D eigenvalue weighted by molar-refractivity contribution is 5.92. The summed E-state index contributed by atoms with van der Waals surface area (Å²) < 4.78 is 5.52. The predicted molar refractivity (Wildman–Crippen MR) is 85.9 cm³/mol. The number of carbonyl (C=O) groups excluding carboxylic acids is 1. The predicted octanol–water partition coefficient (Wildman–Crippen LogP) is 4.90. The summed E-state index contributed by atoms with van der Waals surface area (Å²) in [5.74, 6) is 0.293. The Kier molecular flexibility index (Phi) is 4.46. The summed E-state index contributed by atoms with van der Waals surface area (Å²) in [5.41, 5.74) is 2.79. The summed E-state index contributed by atoms with van der Waals surface area (Å²) in [5, 5.41) is 0. The first-order chi connectivity index (χ1) is 9.94. The van der Waals surface area contributed by atoms with Gasteiger partial charge >= 0.3 is 5.97 Å². The smallest absolute Gasteiger partial charge is 0.343 e. The maximum absolute atomic E-state index is 12.2. The Balaban J connectivity index is 2.23. The highest BCUT2D eigenvalue weighted by Gasteiger charge is 2.19. The van der Waals surface area contributed by atoms with Crippen LogP contribution in [0.2, 0.25) is 0 Å². The van der Waals surface area contributed by atoms with Crippen molar-refractivity contribution < 1.29 is 9.53 Å². The van der Waals surface area contributed by atoms with E-state index in [4.69, 9.17) is 4.74 Å². The van der Waals surface area contributed by atoms with Gasteiger partial charge in [0.05, 0.1) is 5.56 Å². The van der Waals surface area contributed by atoms with E-state index < -0.39 is 0 Å². The Morgan fingerprint density at radius 3 is 2.48 bits per heavy atom. The molecule has 0 bridgehead atoms. The average molecular weight is 282 g/mol. The third-order valence-electron chi connectivity index (χ3n) is 4.07. The summed E-state index contributed by atoms with van der Waals surface area (Å²) in [4.78, 5) is 12.2. The number of hydrogen-bond donors (Lipinski definition) is 0. The summed E-state index contributed by atoms with van der Waals surface area (Å²) in [6.45, 7) is 8.45. The first kappa shape index (κ1) is 15.3. The minimum atomic E-state index is -0.306. The van der Waals surface area contributed by atoms with Crippen LogP contribution in [0.5, 0.6) is 5.75 Å². The van der Waals surface area contributed by atoms with Crippen LogP contribution in [0.4, 0.5) is 0 Å². The van der Waals surface area contributed by atoms with E-state index in [1.165, 1.54) is 5.56 Å². The molecule has 2 heteroatoms. The van der Waals surface area contributed by atoms with Crippen LogP contribution in [0.15, 0.2) is 48.5 Å². The minimum Gasteiger partial charge on any atom is -0.423 e. The SMILES string of the molecule is CCC(C)(C)c1cccc(OC(=O)c2ccccc2C)c1. The van der Waals surface area contributed by atoms with Gasteiger partial charge in [0, 0.05) is 0 Å².